The first-order valence-corrected chi connectivity index (χ1v) is 6.97. The van der Waals surface area contributed by atoms with E-state index in [-0.39, 0.29) is 12.4 Å². The number of halogens is 1. The van der Waals surface area contributed by atoms with Crippen molar-refractivity contribution in [1.29, 1.82) is 0 Å². The highest BCUT2D eigenvalue weighted by atomic mass is 35.5. The highest BCUT2D eigenvalue weighted by Gasteiger charge is 2.05. The van der Waals surface area contributed by atoms with Gasteiger partial charge in [0.1, 0.15) is 12.8 Å². The second kappa shape index (κ2) is 7.10. The molecule has 0 bridgehead atoms. The van der Waals surface area contributed by atoms with Gasteiger partial charge in [-0.25, -0.2) is 4.57 Å². The summed E-state index contributed by atoms with van der Waals surface area (Å²) in [5.41, 5.74) is 2.28. The van der Waals surface area contributed by atoms with Gasteiger partial charge in [0.05, 0.1) is 7.11 Å². The number of hydrogen-bond donors (Lipinski definition) is 0. The SMILES string of the molecule is COc1ccc2ccccc2c1/C=C/c1cc[n+](C)cc1.[Cl-]. The average molecular weight is 312 g/mol. The van der Waals surface area contributed by atoms with Crippen LogP contribution in [0.1, 0.15) is 11.1 Å². The Morgan fingerprint density at radius 2 is 1.64 bits per heavy atom. The van der Waals surface area contributed by atoms with E-state index in [1.165, 1.54) is 16.3 Å². The molecule has 0 aliphatic rings. The Kier molecular flexibility index (Phi) is 5.18. The van der Waals surface area contributed by atoms with Crippen LogP contribution in [0.15, 0.2) is 60.9 Å². The zero-order valence-electron chi connectivity index (χ0n) is 12.7. The number of nitrogens with zero attached hydrogens (tertiary/aromatic N) is 1. The molecule has 1 heterocycles. The summed E-state index contributed by atoms with van der Waals surface area (Å²) in [4.78, 5) is 0. The van der Waals surface area contributed by atoms with Gasteiger partial charge >= 0.3 is 0 Å². The number of aryl methyl sites for hydroxylation is 1. The third-order valence-electron chi connectivity index (χ3n) is 3.60. The minimum absolute atomic E-state index is 0. The normalized spacial score (nSPS) is 10.6. The minimum atomic E-state index is 0. The second-order valence-electron chi connectivity index (χ2n) is 5.03. The molecule has 3 heteroatoms. The molecule has 0 atom stereocenters. The maximum Gasteiger partial charge on any atom is 0.169 e. The van der Waals surface area contributed by atoms with Gasteiger partial charge in [-0.2, -0.15) is 0 Å². The highest BCUT2D eigenvalue weighted by Crippen LogP contribution is 2.29. The molecule has 0 saturated heterocycles. The fourth-order valence-electron chi connectivity index (χ4n) is 2.43. The van der Waals surface area contributed by atoms with Gasteiger partial charge < -0.3 is 17.1 Å². The van der Waals surface area contributed by atoms with Crippen LogP contribution >= 0.6 is 0 Å². The molecule has 112 valence electrons. The van der Waals surface area contributed by atoms with Crippen LogP contribution in [-0.2, 0) is 7.05 Å². The largest absolute Gasteiger partial charge is 1.00 e. The van der Waals surface area contributed by atoms with E-state index < -0.39 is 0 Å². The topological polar surface area (TPSA) is 13.1 Å². The van der Waals surface area contributed by atoms with Crippen LogP contribution in [0.3, 0.4) is 0 Å². The van der Waals surface area contributed by atoms with Crippen molar-refractivity contribution < 1.29 is 21.7 Å². The number of rotatable bonds is 3. The number of methoxy groups -OCH3 is 1. The van der Waals surface area contributed by atoms with E-state index >= 15 is 0 Å². The van der Waals surface area contributed by atoms with Crippen LogP contribution in [0.2, 0.25) is 0 Å². The molecule has 0 aliphatic carbocycles. The predicted octanol–water partition coefficient (Wildman–Crippen LogP) is 0.847. The lowest BCUT2D eigenvalue weighted by Crippen LogP contribution is -3.00. The molecular formula is C19H18ClNO. The number of aromatic nitrogens is 1. The fraction of sp³-hybridized carbons (Fsp3) is 0.105. The summed E-state index contributed by atoms with van der Waals surface area (Å²) in [6, 6.07) is 16.7. The Bertz CT molecular complexity index is 794. The molecule has 0 spiro atoms. The first-order valence-electron chi connectivity index (χ1n) is 6.97. The Balaban J connectivity index is 0.00000176. The van der Waals surface area contributed by atoms with Crippen LogP contribution in [0.5, 0.6) is 5.75 Å². The van der Waals surface area contributed by atoms with Gasteiger partial charge in [-0.1, -0.05) is 42.5 Å². The number of pyridine rings is 1. The number of benzene rings is 2. The maximum absolute atomic E-state index is 5.51. The van der Waals surface area contributed by atoms with Gasteiger partial charge in [-0.3, -0.25) is 0 Å². The molecule has 0 amide bonds. The van der Waals surface area contributed by atoms with Crippen molar-refractivity contribution in [2.24, 2.45) is 7.05 Å². The average Bonchev–Trinajstić information content (AvgIpc) is 2.54. The third kappa shape index (κ3) is 3.29. The number of fused-ring (bicyclic) bond motifs is 1. The van der Waals surface area contributed by atoms with Crippen molar-refractivity contribution in [2.45, 2.75) is 0 Å². The van der Waals surface area contributed by atoms with Gasteiger partial charge in [-0.15, -0.1) is 0 Å². The smallest absolute Gasteiger partial charge is 0.169 e. The van der Waals surface area contributed by atoms with Crippen LogP contribution in [0.25, 0.3) is 22.9 Å². The standard InChI is InChI=1S/C19H18NO.ClH/c1-20-13-11-15(12-14-20)7-9-18-17-6-4-3-5-16(17)8-10-19(18)21-2;/h3-14H,1-2H3;1H/q+1;/p-1/b9-7+;. The summed E-state index contributed by atoms with van der Waals surface area (Å²) in [7, 11) is 3.73. The summed E-state index contributed by atoms with van der Waals surface area (Å²) in [5.74, 6) is 0.895. The molecule has 3 rings (SSSR count). The van der Waals surface area contributed by atoms with E-state index in [1.807, 2.05) is 30.1 Å². The Morgan fingerprint density at radius 3 is 2.36 bits per heavy atom. The van der Waals surface area contributed by atoms with Gasteiger partial charge in [0.15, 0.2) is 12.4 Å². The van der Waals surface area contributed by atoms with Crippen molar-refractivity contribution in [2.75, 3.05) is 7.11 Å². The van der Waals surface area contributed by atoms with E-state index in [4.69, 9.17) is 4.74 Å². The third-order valence-corrected chi connectivity index (χ3v) is 3.60. The first-order chi connectivity index (χ1) is 10.3. The van der Waals surface area contributed by atoms with Crippen LogP contribution < -0.4 is 21.7 Å². The highest BCUT2D eigenvalue weighted by molar-refractivity contribution is 5.95. The molecule has 0 radical (unpaired) electrons. The maximum atomic E-state index is 5.51. The zero-order chi connectivity index (χ0) is 14.7. The summed E-state index contributed by atoms with van der Waals surface area (Å²) in [6.45, 7) is 0. The predicted molar refractivity (Wildman–Crippen MR) is 87.0 cm³/mol. The molecule has 3 aromatic rings. The Hall–Kier alpha value is -2.32. The van der Waals surface area contributed by atoms with Gasteiger partial charge in [-0.05, 0) is 22.4 Å². The van der Waals surface area contributed by atoms with Crippen molar-refractivity contribution >= 4 is 22.9 Å². The summed E-state index contributed by atoms with van der Waals surface area (Å²) >= 11 is 0. The second-order valence-corrected chi connectivity index (χ2v) is 5.03. The van der Waals surface area contributed by atoms with Crippen molar-refractivity contribution in [1.82, 2.24) is 0 Å². The van der Waals surface area contributed by atoms with E-state index in [1.54, 1.807) is 7.11 Å². The monoisotopic (exact) mass is 311 g/mol. The fourth-order valence-corrected chi connectivity index (χ4v) is 2.43. The van der Waals surface area contributed by atoms with E-state index in [0.717, 1.165) is 11.3 Å². The Morgan fingerprint density at radius 1 is 0.909 bits per heavy atom. The van der Waals surface area contributed by atoms with Crippen LogP contribution in [0.4, 0.5) is 0 Å². The molecule has 0 unspecified atom stereocenters. The minimum Gasteiger partial charge on any atom is -1.00 e. The molecule has 0 saturated carbocycles. The lowest BCUT2D eigenvalue weighted by molar-refractivity contribution is -0.671. The quantitative estimate of drug-likeness (QED) is 0.654. The van der Waals surface area contributed by atoms with Crippen LogP contribution in [-0.4, -0.2) is 7.11 Å². The molecule has 2 aromatic carbocycles. The summed E-state index contributed by atoms with van der Waals surface area (Å²) in [5, 5.41) is 2.42. The molecule has 0 aliphatic heterocycles. The molecule has 2 nitrogen and oxygen atoms in total. The van der Waals surface area contributed by atoms with E-state index in [0.29, 0.717) is 0 Å². The van der Waals surface area contributed by atoms with Gasteiger partial charge in [0.25, 0.3) is 0 Å². The van der Waals surface area contributed by atoms with Crippen molar-refractivity contribution in [3.63, 3.8) is 0 Å². The van der Waals surface area contributed by atoms with Crippen molar-refractivity contribution in [3.05, 3.63) is 72.1 Å². The molecular weight excluding hydrogens is 294 g/mol. The summed E-state index contributed by atoms with van der Waals surface area (Å²) < 4.78 is 7.53. The van der Waals surface area contributed by atoms with Crippen LogP contribution in [0, 0.1) is 0 Å². The number of ether oxygens (including phenoxy) is 1. The van der Waals surface area contributed by atoms with E-state index in [9.17, 15) is 0 Å². The molecule has 0 N–H and O–H groups in total. The van der Waals surface area contributed by atoms with Gasteiger partial charge in [0.2, 0.25) is 0 Å². The van der Waals surface area contributed by atoms with Gasteiger partial charge in [0, 0.05) is 17.7 Å². The molecule has 22 heavy (non-hydrogen) atoms. The molecule has 1 aromatic heterocycles. The first kappa shape index (κ1) is 16.1. The lowest BCUT2D eigenvalue weighted by Gasteiger charge is -2.08. The Labute approximate surface area is 137 Å². The lowest BCUT2D eigenvalue weighted by atomic mass is 10.0. The molecule has 0 fully saturated rings. The van der Waals surface area contributed by atoms with E-state index in [2.05, 4.69) is 54.6 Å². The zero-order valence-corrected chi connectivity index (χ0v) is 13.4. The number of hydrogen-bond acceptors (Lipinski definition) is 1. The van der Waals surface area contributed by atoms with Crippen molar-refractivity contribution in [3.8, 4) is 5.75 Å². The summed E-state index contributed by atoms with van der Waals surface area (Å²) in [6.07, 6.45) is 8.32.